The molecule has 20 heavy (non-hydrogen) atoms. The van der Waals surface area contributed by atoms with Gasteiger partial charge in [-0.1, -0.05) is 19.1 Å². The highest BCUT2D eigenvalue weighted by Gasteiger charge is 2.35. The van der Waals surface area contributed by atoms with E-state index in [9.17, 15) is 12.8 Å². The molecule has 1 aromatic rings. The van der Waals surface area contributed by atoms with Crippen LogP contribution in [0.5, 0.6) is 0 Å². The van der Waals surface area contributed by atoms with E-state index in [0.29, 0.717) is 31.7 Å². The van der Waals surface area contributed by atoms with Gasteiger partial charge in [0.25, 0.3) is 10.2 Å². The lowest BCUT2D eigenvalue weighted by molar-refractivity contribution is 0.253. The first-order valence-corrected chi connectivity index (χ1v) is 8.05. The molecule has 1 unspecified atom stereocenters. The Morgan fingerprint density at radius 1 is 1.50 bits per heavy atom. The lowest BCUT2D eigenvalue weighted by Crippen LogP contribution is -2.52. The van der Waals surface area contributed by atoms with Gasteiger partial charge < -0.3 is 5.32 Å². The molecule has 1 heterocycles. The second-order valence-electron chi connectivity index (χ2n) is 4.81. The fourth-order valence-electron chi connectivity index (χ4n) is 2.30. The normalized spacial score (nSPS) is 21.3. The van der Waals surface area contributed by atoms with Gasteiger partial charge in [-0.2, -0.15) is 17.0 Å². The van der Waals surface area contributed by atoms with E-state index in [-0.39, 0.29) is 11.9 Å². The van der Waals surface area contributed by atoms with Crippen molar-refractivity contribution in [2.45, 2.75) is 13.0 Å². The van der Waals surface area contributed by atoms with Crippen LogP contribution in [-0.4, -0.2) is 50.3 Å². The largest absolute Gasteiger partial charge is 0.313 e. The molecule has 2 rings (SSSR count). The average molecular weight is 301 g/mol. The van der Waals surface area contributed by atoms with Gasteiger partial charge in [-0.25, -0.2) is 4.39 Å². The number of hydrogen-bond donors (Lipinski definition) is 1. The van der Waals surface area contributed by atoms with Crippen molar-refractivity contribution in [2.75, 3.05) is 33.2 Å². The Kier molecular flexibility index (Phi) is 4.74. The maximum Gasteiger partial charge on any atom is 0.282 e. The molecule has 5 nitrogen and oxygen atoms in total. The molecule has 7 heteroatoms. The zero-order valence-electron chi connectivity index (χ0n) is 11.7. The van der Waals surface area contributed by atoms with Crippen LogP contribution in [0, 0.1) is 5.82 Å². The van der Waals surface area contributed by atoms with E-state index in [4.69, 9.17) is 0 Å². The highest BCUT2D eigenvalue weighted by atomic mass is 32.2. The molecule has 112 valence electrons. The Morgan fingerprint density at radius 2 is 2.25 bits per heavy atom. The van der Waals surface area contributed by atoms with Crippen molar-refractivity contribution in [3.8, 4) is 0 Å². The summed E-state index contributed by atoms with van der Waals surface area (Å²) in [5, 5.41) is 3.16. The van der Waals surface area contributed by atoms with E-state index in [2.05, 4.69) is 5.32 Å². The summed E-state index contributed by atoms with van der Waals surface area (Å²) in [7, 11) is -1.96. The van der Waals surface area contributed by atoms with Crippen LogP contribution < -0.4 is 5.32 Å². The monoisotopic (exact) mass is 301 g/mol. The molecule has 0 spiro atoms. The fourth-order valence-corrected chi connectivity index (χ4v) is 3.83. The molecule has 1 fully saturated rings. The van der Waals surface area contributed by atoms with Crippen molar-refractivity contribution in [1.82, 2.24) is 13.9 Å². The summed E-state index contributed by atoms with van der Waals surface area (Å²) in [4.78, 5) is 0. The lowest BCUT2D eigenvalue weighted by atomic mass is 10.1. The number of nitrogens with zero attached hydrogens (tertiary/aromatic N) is 2. The maximum absolute atomic E-state index is 13.4. The number of rotatable bonds is 4. The number of nitrogens with one attached hydrogen (secondary N) is 1. The molecule has 1 aromatic carbocycles. The van der Waals surface area contributed by atoms with Gasteiger partial charge >= 0.3 is 0 Å². The molecule has 0 aliphatic carbocycles. The zero-order valence-corrected chi connectivity index (χ0v) is 12.5. The third kappa shape index (κ3) is 3.01. The second kappa shape index (κ2) is 6.17. The Hall–Kier alpha value is -1.02. The molecule has 1 N–H and O–H groups in total. The fraction of sp³-hybridized carbons (Fsp3) is 0.538. The molecule has 0 radical (unpaired) electrons. The van der Waals surface area contributed by atoms with Gasteiger partial charge in [0.15, 0.2) is 0 Å². The zero-order chi connectivity index (χ0) is 14.8. The van der Waals surface area contributed by atoms with Crippen LogP contribution in [0.15, 0.2) is 24.3 Å². The standard InChI is InChI=1S/C13H20FN3O2S/c1-3-16(2)20(18,19)17-8-7-15-10-13(17)11-5-4-6-12(14)9-11/h4-6,9,13,15H,3,7-8,10H2,1-2H3. The molecular formula is C13H20FN3O2S. The minimum absolute atomic E-state index is 0.353. The Bertz CT molecular complexity index is 564. The Morgan fingerprint density at radius 3 is 2.90 bits per heavy atom. The molecule has 0 bridgehead atoms. The highest BCUT2D eigenvalue weighted by molar-refractivity contribution is 7.86. The molecule has 0 aromatic heterocycles. The van der Waals surface area contributed by atoms with E-state index >= 15 is 0 Å². The maximum atomic E-state index is 13.4. The van der Waals surface area contributed by atoms with Crippen molar-refractivity contribution >= 4 is 10.2 Å². The predicted octanol–water partition coefficient (Wildman–Crippen LogP) is 0.969. The predicted molar refractivity (Wildman–Crippen MR) is 75.9 cm³/mol. The van der Waals surface area contributed by atoms with Crippen LogP contribution >= 0.6 is 0 Å². The first-order valence-electron chi connectivity index (χ1n) is 6.66. The van der Waals surface area contributed by atoms with Crippen LogP contribution in [0.25, 0.3) is 0 Å². The minimum atomic E-state index is -3.52. The van der Waals surface area contributed by atoms with E-state index < -0.39 is 10.2 Å². The quantitative estimate of drug-likeness (QED) is 0.901. The van der Waals surface area contributed by atoms with Crippen molar-refractivity contribution in [3.05, 3.63) is 35.6 Å². The minimum Gasteiger partial charge on any atom is -0.313 e. The van der Waals surface area contributed by atoms with Crippen LogP contribution in [-0.2, 0) is 10.2 Å². The van der Waals surface area contributed by atoms with Gasteiger partial charge in [0, 0.05) is 33.2 Å². The lowest BCUT2D eigenvalue weighted by Gasteiger charge is -2.37. The van der Waals surface area contributed by atoms with Gasteiger partial charge in [0.05, 0.1) is 6.04 Å². The Labute approximate surface area is 119 Å². The molecule has 1 saturated heterocycles. The summed E-state index contributed by atoms with van der Waals surface area (Å²) in [6.45, 7) is 3.66. The summed E-state index contributed by atoms with van der Waals surface area (Å²) in [5.74, 6) is -0.353. The van der Waals surface area contributed by atoms with E-state index in [1.165, 1.54) is 20.7 Å². The summed E-state index contributed by atoms with van der Waals surface area (Å²) in [6, 6.07) is 5.74. The first-order chi connectivity index (χ1) is 9.46. The summed E-state index contributed by atoms with van der Waals surface area (Å²) in [6.07, 6.45) is 0. The van der Waals surface area contributed by atoms with E-state index in [1.54, 1.807) is 26.1 Å². The van der Waals surface area contributed by atoms with Crippen molar-refractivity contribution in [2.24, 2.45) is 0 Å². The third-order valence-electron chi connectivity index (χ3n) is 3.56. The van der Waals surface area contributed by atoms with Gasteiger partial charge in [-0.05, 0) is 17.7 Å². The Balaban J connectivity index is 2.35. The topological polar surface area (TPSA) is 52.7 Å². The van der Waals surface area contributed by atoms with Crippen LogP contribution in [0.2, 0.25) is 0 Å². The van der Waals surface area contributed by atoms with Gasteiger partial charge in [0.1, 0.15) is 5.82 Å². The van der Waals surface area contributed by atoms with Crippen LogP contribution in [0.3, 0.4) is 0 Å². The average Bonchev–Trinajstić information content (AvgIpc) is 2.46. The van der Waals surface area contributed by atoms with Gasteiger partial charge in [-0.3, -0.25) is 0 Å². The van der Waals surface area contributed by atoms with Crippen LogP contribution in [0.4, 0.5) is 4.39 Å². The van der Waals surface area contributed by atoms with Gasteiger partial charge in [0.2, 0.25) is 0 Å². The smallest absolute Gasteiger partial charge is 0.282 e. The highest BCUT2D eigenvalue weighted by Crippen LogP contribution is 2.26. The van der Waals surface area contributed by atoms with Crippen molar-refractivity contribution < 1.29 is 12.8 Å². The summed E-state index contributed by atoms with van der Waals surface area (Å²) < 4.78 is 41.2. The number of benzene rings is 1. The molecule has 0 saturated carbocycles. The van der Waals surface area contributed by atoms with Crippen molar-refractivity contribution in [1.29, 1.82) is 0 Å². The van der Waals surface area contributed by atoms with Crippen LogP contribution in [0.1, 0.15) is 18.5 Å². The molecular weight excluding hydrogens is 281 g/mol. The number of halogens is 1. The molecule has 1 atom stereocenters. The van der Waals surface area contributed by atoms with Gasteiger partial charge in [-0.15, -0.1) is 0 Å². The molecule has 1 aliphatic heterocycles. The van der Waals surface area contributed by atoms with E-state index in [1.807, 2.05) is 0 Å². The van der Waals surface area contributed by atoms with Crippen molar-refractivity contribution in [3.63, 3.8) is 0 Å². The second-order valence-corrected chi connectivity index (χ2v) is 6.80. The van der Waals surface area contributed by atoms with E-state index in [0.717, 1.165) is 0 Å². The SMILES string of the molecule is CCN(C)S(=O)(=O)N1CCNCC1c1cccc(F)c1. The summed E-state index contributed by atoms with van der Waals surface area (Å²) >= 11 is 0. The third-order valence-corrected chi connectivity index (χ3v) is 5.64. The molecule has 0 amide bonds. The summed E-state index contributed by atoms with van der Waals surface area (Å²) in [5.41, 5.74) is 0.672. The number of hydrogen-bond acceptors (Lipinski definition) is 3. The number of piperazine rings is 1. The molecule has 1 aliphatic rings. The first kappa shape index (κ1) is 15.4.